The molecule has 0 aliphatic rings. The molecule has 3 N–H and O–H groups in total. The molecule has 1 aromatic carbocycles. The van der Waals surface area contributed by atoms with E-state index in [4.69, 9.17) is 10.8 Å². The minimum atomic E-state index is -1.30. The summed E-state index contributed by atoms with van der Waals surface area (Å²) in [4.78, 5) is 10.5. The van der Waals surface area contributed by atoms with Gasteiger partial charge in [-0.3, -0.25) is 4.79 Å². The molecule has 0 fully saturated rings. The number of benzene rings is 1. The summed E-state index contributed by atoms with van der Waals surface area (Å²) in [7, 11) is 0. The fraction of sp³-hybridized carbons (Fsp3) is 0.364. The van der Waals surface area contributed by atoms with E-state index in [1.165, 1.54) is 6.07 Å². The van der Waals surface area contributed by atoms with Gasteiger partial charge in [0, 0.05) is 12.0 Å². The largest absolute Gasteiger partial charge is 0.480 e. The summed E-state index contributed by atoms with van der Waals surface area (Å²) in [6.45, 7) is 1.73. The second-order valence-electron chi connectivity index (χ2n) is 3.50. The number of carbonyl (C=O) groups is 1. The second kappa shape index (κ2) is 5.03. The Morgan fingerprint density at radius 2 is 2.12 bits per heavy atom. The second-order valence-corrected chi connectivity index (χ2v) is 3.50. The standard InChI is InChI=1S/C11H13F2NO2/c1-2-6-3-4-8(12)7(10(6)13)5-9(14)11(15)16/h3-4,9H,2,5,14H2,1H3,(H,15,16). The summed E-state index contributed by atoms with van der Waals surface area (Å²) < 4.78 is 27.0. The topological polar surface area (TPSA) is 63.3 Å². The summed E-state index contributed by atoms with van der Waals surface area (Å²) in [5, 5.41) is 8.58. The summed E-state index contributed by atoms with van der Waals surface area (Å²) in [6, 6.07) is 1.18. The van der Waals surface area contributed by atoms with Gasteiger partial charge in [-0.2, -0.15) is 0 Å². The highest BCUT2D eigenvalue weighted by molar-refractivity contribution is 5.73. The van der Waals surface area contributed by atoms with E-state index >= 15 is 0 Å². The Hall–Kier alpha value is -1.49. The van der Waals surface area contributed by atoms with Crippen molar-refractivity contribution in [2.75, 3.05) is 0 Å². The molecule has 0 amide bonds. The molecule has 88 valence electrons. The highest BCUT2D eigenvalue weighted by atomic mass is 19.1. The molecule has 5 heteroatoms. The first-order valence-corrected chi connectivity index (χ1v) is 4.91. The normalized spacial score (nSPS) is 12.5. The minimum absolute atomic E-state index is 0.255. The Balaban J connectivity index is 3.07. The third-order valence-electron chi connectivity index (χ3n) is 2.39. The molecule has 0 saturated carbocycles. The minimum Gasteiger partial charge on any atom is -0.480 e. The Kier molecular flexibility index (Phi) is 3.95. The van der Waals surface area contributed by atoms with Crippen molar-refractivity contribution < 1.29 is 18.7 Å². The van der Waals surface area contributed by atoms with Gasteiger partial charge in [0.05, 0.1) is 0 Å². The van der Waals surface area contributed by atoms with E-state index in [2.05, 4.69) is 0 Å². The van der Waals surface area contributed by atoms with Crippen LogP contribution in [0.4, 0.5) is 8.78 Å². The number of hydrogen-bond donors (Lipinski definition) is 2. The maximum atomic E-state index is 13.7. The van der Waals surface area contributed by atoms with E-state index in [0.717, 1.165) is 6.07 Å². The predicted octanol–water partition coefficient (Wildman–Crippen LogP) is 1.48. The van der Waals surface area contributed by atoms with E-state index in [-0.39, 0.29) is 12.0 Å². The van der Waals surface area contributed by atoms with Crippen LogP contribution in [0, 0.1) is 11.6 Å². The first-order chi connectivity index (χ1) is 7.47. The van der Waals surface area contributed by atoms with Gasteiger partial charge in [0.25, 0.3) is 0 Å². The zero-order valence-electron chi connectivity index (χ0n) is 8.84. The maximum absolute atomic E-state index is 13.7. The molecule has 16 heavy (non-hydrogen) atoms. The van der Waals surface area contributed by atoms with E-state index in [9.17, 15) is 13.6 Å². The highest BCUT2D eigenvalue weighted by Crippen LogP contribution is 2.18. The fourth-order valence-electron chi connectivity index (χ4n) is 1.41. The van der Waals surface area contributed by atoms with Crippen molar-refractivity contribution >= 4 is 5.97 Å². The van der Waals surface area contributed by atoms with Gasteiger partial charge in [-0.25, -0.2) is 8.78 Å². The highest BCUT2D eigenvalue weighted by Gasteiger charge is 2.19. The molecular weight excluding hydrogens is 216 g/mol. The van der Waals surface area contributed by atoms with E-state index in [1.807, 2.05) is 0 Å². The lowest BCUT2D eigenvalue weighted by Crippen LogP contribution is -2.33. The van der Waals surface area contributed by atoms with Crippen LogP contribution in [-0.2, 0) is 17.6 Å². The molecule has 1 unspecified atom stereocenters. The van der Waals surface area contributed by atoms with Crippen molar-refractivity contribution in [3.05, 3.63) is 34.9 Å². The monoisotopic (exact) mass is 229 g/mol. The molecule has 1 atom stereocenters. The number of halogens is 2. The molecule has 1 aromatic rings. The Labute approximate surface area is 91.9 Å². The number of aryl methyl sites for hydroxylation is 1. The Morgan fingerprint density at radius 3 is 2.62 bits per heavy atom. The molecule has 0 aliphatic carbocycles. The van der Waals surface area contributed by atoms with Crippen LogP contribution in [-0.4, -0.2) is 17.1 Å². The first kappa shape index (κ1) is 12.6. The number of carboxylic acids is 1. The van der Waals surface area contributed by atoms with Gasteiger partial charge in [0.1, 0.15) is 17.7 Å². The zero-order chi connectivity index (χ0) is 12.3. The van der Waals surface area contributed by atoms with Crippen LogP contribution >= 0.6 is 0 Å². The zero-order valence-corrected chi connectivity index (χ0v) is 8.84. The summed E-state index contributed by atoms with van der Waals surface area (Å²) in [6.07, 6.45) is 0.0717. The molecule has 0 radical (unpaired) electrons. The number of hydrogen-bond acceptors (Lipinski definition) is 2. The lowest BCUT2D eigenvalue weighted by molar-refractivity contribution is -0.138. The maximum Gasteiger partial charge on any atom is 0.320 e. The average molecular weight is 229 g/mol. The van der Waals surface area contributed by atoms with Gasteiger partial charge in [-0.1, -0.05) is 13.0 Å². The van der Waals surface area contributed by atoms with Crippen molar-refractivity contribution in [1.82, 2.24) is 0 Å². The number of rotatable bonds is 4. The van der Waals surface area contributed by atoms with Gasteiger partial charge < -0.3 is 10.8 Å². The van der Waals surface area contributed by atoms with Crippen molar-refractivity contribution in [3.8, 4) is 0 Å². The van der Waals surface area contributed by atoms with Crippen molar-refractivity contribution in [2.45, 2.75) is 25.8 Å². The van der Waals surface area contributed by atoms with Gasteiger partial charge in [0.15, 0.2) is 0 Å². The van der Waals surface area contributed by atoms with Crippen molar-refractivity contribution in [3.63, 3.8) is 0 Å². The quantitative estimate of drug-likeness (QED) is 0.822. The average Bonchev–Trinajstić information content (AvgIpc) is 2.24. The van der Waals surface area contributed by atoms with Gasteiger partial charge in [-0.15, -0.1) is 0 Å². The van der Waals surface area contributed by atoms with Gasteiger partial charge >= 0.3 is 5.97 Å². The number of aliphatic carboxylic acids is 1. The number of carboxylic acid groups (broad SMARTS) is 1. The Morgan fingerprint density at radius 1 is 1.50 bits per heavy atom. The number of nitrogens with two attached hydrogens (primary N) is 1. The summed E-state index contributed by atoms with van der Waals surface area (Å²) in [5.41, 5.74) is 5.35. The molecule has 3 nitrogen and oxygen atoms in total. The fourth-order valence-corrected chi connectivity index (χ4v) is 1.41. The molecule has 0 spiro atoms. The summed E-state index contributed by atoms with van der Waals surface area (Å²) >= 11 is 0. The van der Waals surface area contributed by atoms with Crippen LogP contribution in [0.1, 0.15) is 18.1 Å². The third-order valence-corrected chi connectivity index (χ3v) is 2.39. The van der Waals surface area contributed by atoms with Crippen LogP contribution < -0.4 is 5.73 Å². The first-order valence-electron chi connectivity index (χ1n) is 4.91. The van der Waals surface area contributed by atoms with Crippen LogP contribution in [0.3, 0.4) is 0 Å². The lowest BCUT2D eigenvalue weighted by atomic mass is 10.0. The molecule has 1 rings (SSSR count). The lowest BCUT2D eigenvalue weighted by Gasteiger charge is -2.10. The Bertz CT molecular complexity index is 407. The van der Waals surface area contributed by atoms with E-state index in [0.29, 0.717) is 12.0 Å². The molecular formula is C11H13F2NO2. The molecule has 0 bridgehead atoms. The molecule has 0 saturated heterocycles. The van der Waals surface area contributed by atoms with E-state index < -0.39 is 23.6 Å². The van der Waals surface area contributed by atoms with Crippen LogP contribution in [0.15, 0.2) is 12.1 Å². The molecule has 0 aliphatic heterocycles. The summed E-state index contributed by atoms with van der Waals surface area (Å²) in [5.74, 6) is -2.73. The SMILES string of the molecule is CCc1ccc(F)c(CC(N)C(=O)O)c1F. The predicted molar refractivity (Wildman–Crippen MR) is 55.1 cm³/mol. The van der Waals surface area contributed by atoms with Gasteiger partial charge in [-0.05, 0) is 18.1 Å². The van der Waals surface area contributed by atoms with Crippen LogP contribution in [0.2, 0.25) is 0 Å². The van der Waals surface area contributed by atoms with Gasteiger partial charge in [0.2, 0.25) is 0 Å². The van der Waals surface area contributed by atoms with E-state index in [1.54, 1.807) is 6.92 Å². The van der Waals surface area contributed by atoms with Crippen molar-refractivity contribution in [1.29, 1.82) is 0 Å². The smallest absolute Gasteiger partial charge is 0.320 e. The van der Waals surface area contributed by atoms with Crippen LogP contribution in [0.25, 0.3) is 0 Å². The molecule has 0 aromatic heterocycles. The van der Waals surface area contributed by atoms with Crippen LogP contribution in [0.5, 0.6) is 0 Å². The van der Waals surface area contributed by atoms with Crippen molar-refractivity contribution in [2.24, 2.45) is 5.73 Å². The third kappa shape index (κ3) is 2.55. The molecule has 0 heterocycles.